The number of fused-ring (bicyclic) bond motifs is 3. The molecule has 0 bridgehead atoms. The summed E-state index contributed by atoms with van der Waals surface area (Å²) in [4.78, 5) is 20.2. The number of aliphatic imine (C=N–C) groups is 2. The van der Waals surface area contributed by atoms with Gasteiger partial charge in [0.1, 0.15) is 0 Å². The number of benzene rings is 4. The molecule has 0 amide bonds. The standard InChI is InChI=1S/C32H28N10/c1-41-25-19-11-9-17-23(25)33-29(41)35-27-37-31(21-13-5-3-6-14-21)32(38-27,22-15-7-4-8-16-22)40-28(39-31)36-30-34-24-18-10-12-20-26(24)42(30)2/h3-20H,1-2H3,(H2,33,35,37,38)(H2,34,36,39,40). The lowest BCUT2D eigenvalue weighted by molar-refractivity contribution is 0.234. The minimum atomic E-state index is -1.09. The highest BCUT2D eigenvalue weighted by atomic mass is 15.5. The van der Waals surface area contributed by atoms with Gasteiger partial charge in [-0.05, 0) is 24.3 Å². The fraction of sp³-hybridized carbons (Fsp3) is 0.125. The molecule has 206 valence electrons. The first-order chi connectivity index (χ1) is 20.6. The Labute approximate surface area is 241 Å². The Bertz CT molecular complexity index is 1920. The minimum absolute atomic E-state index is 0.555. The molecule has 8 rings (SSSR count). The molecule has 2 aromatic heterocycles. The normalized spacial score (nSPS) is 21.0. The zero-order chi connectivity index (χ0) is 28.3. The highest BCUT2D eigenvalue weighted by molar-refractivity contribution is 6.02. The van der Waals surface area contributed by atoms with Gasteiger partial charge in [-0.1, -0.05) is 84.9 Å². The molecule has 6 aromatic rings. The summed E-state index contributed by atoms with van der Waals surface area (Å²) in [7, 11) is 3.98. The lowest BCUT2D eigenvalue weighted by atomic mass is 9.83. The average Bonchev–Trinajstić information content (AvgIpc) is 3.72. The van der Waals surface area contributed by atoms with E-state index in [4.69, 9.17) is 20.0 Å². The predicted molar refractivity (Wildman–Crippen MR) is 166 cm³/mol. The van der Waals surface area contributed by atoms with E-state index in [1.54, 1.807) is 0 Å². The van der Waals surface area contributed by atoms with E-state index in [-0.39, 0.29) is 0 Å². The second-order valence-corrected chi connectivity index (χ2v) is 10.5. The van der Waals surface area contributed by atoms with E-state index < -0.39 is 11.3 Å². The maximum absolute atomic E-state index is 5.29. The number of rotatable bonds is 4. The van der Waals surface area contributed by atoms with Gasteiger partial charge in [0.15, 0.2) is 5.66 Å². The molecule has 0 spiro atoms. The topological polar surface area (TPSA) is 108 Å². The number of para-hydroxylation sites is 4. The highest BCUT2D eigenvalue weighted by Crippen LogP contribution is 2.49. The van der Waals surface area contributed by atoms with E-state index in [1.165, 1.54) is 0 Å². The van der Waals surface area contributed by atoms with Crippen LogP contribution < -0.4 is 21.3 Å². The molecule has 0 aliphatic carbocycles. The van der Waals surface area contributed by atoms with Crippen LogP contribution in [0.2, 0.25) is 0 Å². The van der Waals surface area contributed by atoms with Crippen molar-refractivity contribution in [1.82, 2.24) is 29.7 Å². The van der Waals surface area contributed by atoms with E-state index >= 15 is 0 Å². The number of hydrogen-bond donors (Lipinski definition) is 4. The Hall–Kier alpha value is -5.64. The first-order valence-corrected chi connectivity index (χ1v) is 13.8. The van der Waals surface area contributed by atoms with Crippen molar-refractivity contribution < 1.29 is 0 Å². The smallest absolute Gasteiger partial charge is 0.228 e. The fourth-order valence-electron chi connectivity index (χ4n) is 6.03. The third-order valence-corrected chi connectivity index (χ3v) is 8.10. The first kappa shape index (κ1) is 24.2. The number of imidazole rings is 2. The first-order valence-electron chi connectivity index (χ1n) is 13.8. The molecule has 4 N–H and O–H groups in total. The molecule has 0 unspecified atom stereocenters. The Morgan fingerprint density at radius 3 is 1.45 bits per heavy atom. The molecular weight excluding hydrogens is 524 g/mol. The maximum atomic E-state index is 5.29. The average molecular weight is 553 g/mol. The molecule has 2 aliphatic heterocycles. The van der Waals surface area contributed by atoms with Gasteiger partial charge in [-0.25, -0.2) is 20.0 Å². The van der Waals surface area contributed by atoms with Crippen LogP contribution in [0.25, 0.3) is 22.1 Å². The minimum Gasteiger partial charge on any atom is -0.325 e. The summed E-state index contributed by atoms with van der Waals surface area (Å²) >= 11 is 0. The lowest BCUT2D eigenvalue weighted by Gasteiger charge is -2.37. The molecule has 0 radical (unpaired) electrons. The van der Waals surface area contributed by atoms with Crippen LogP contribution in [0, 0.1) is 0 Å². The molecule has 0 saturated heterocycles. The van der Waals surface area contributed by atoms with Crippen molar-refractivity contribution in [3.05, 3.63) is 120 Å². The van der Waals surface area contributed by atoms with Gasteiger partial charge in [-0.3, -0.25) is 10.6 Å². The number of nitrogens with zero attached hydrogens (tertiary/aromatic N) is 6. The number of hydrogen-bond acceptors (Lipinski definition) is 8. The van der Waals surface area contributed by atoms with Crippen LogP contribution in [0.15, 0.2) is 119 Å². The monoisotopic (exact) mass is 552 g/mol. The van der Waals surface area contributed by atoms with Gasteiger partial charge in [0.25, 0.3) is 0 Å². The third-order valence-electron chi connectivity index (χ3n) is 8.10. The Kier molecular flexibility index (Phi) is 5.14. The van der Waals surface area contributed by atoms with E-state index in [9.17, 15) is 0 Å². The van der Waals surface area contributed by atoms with Crippen molar-refractivity contribution in [2.75, 3.05) is 10.6 Å². The summed E-state index contributed by atoms with van der Waals surface area (Å²) in [5.74, 6) is 2.46. The summed E-state index contributed by atoms with van der Waals surface area (Å²) < 4.78 is 4.04. The van der Waals surface area contributed by atoms with Crippen LogP contribution in [0.3, 0.4) is 0 Å². The third kappa shape index (κ3) is 3.44. The highest BCUT2D eigenvalue weighted by Gasteiger charge is 2.63. The molecule has 10 nitrogen and oxygen atoms in total. The summed E-state index contributed by atoms with van der Waals surface area (Å²) in [6.07, 6.45) is 0. The van der Waals surface area contributed by atoms with Gasteiger partial charge in [0.05, 0.1) is 22.1 Å². The van der Waals surface area contributed by atoms with E-state index in [1.807, 2.05) is 108 Å². The molecule has 4 aromatic carbocycles. The summed E-state index contributed by atoms with van der Waals surface area (Å²) in [6.45, 7) is 0. The van der Waals surface area contributed by atoms with Gasteiger partial charge in [-0.15, -0.1) is 0 Å². The molecule has 0 atom stereocenters. The summed E-state index contributed by atoms with van der Waals surface area (Å²) in [5.41, 5.74) is 3.73. The molecule has 0 saturated carbocycles. The molecular formula is C32H28N10. The van der Waals surface area contributed by atoms with Crippen LogP contribution in [-0.4, -0.2) is 31.0 Å². The zero-order valence-electron chi connectivity index (χ0n) is 23.1. The number of aryl methyl sites for hydroxylation is 2. The quantitative estimate of drug-likeness (QED) is 0.255. The maximum Gasteiger partial charge on any atom is 0.228 e. The van der Waals surface area contributed by atoms with Gasteiger partial charge >= 0.3 is 0 Å². The van der Waals surface area contributed by atoms with Crippen molar-refractivity contribution >= 4 is 45.9 Å². The zero-order valence-corrected chi connectivity index (χ0v) is 23.1. The van der Waals surface area contributed by atoms with Crippen molar-refractivity contribution in [2.24, 2.45) is 24.1 Å². The second kappa shape index (κ2) is 8.93. The Morgan fingerprint density at radius 1 is 0.548 bits per heavy atom. The van der Waals surface area contributed by atoms with Crippen LogP contribution in [-0.2, 0) is 25.4 Å². The molecule has 42 heavy (non-hydrogen) atoms. The van der Waals surface area contributed by atoms with E-state index in [0.717, 1.165) is 33.2 Å². The molecule has 10 heteroatoms. The molecule has 2 aliphatic rings. The van der Waals surface area contributed by atoms with Crippen molar-refractivity contribution in [3.63, 3.8) is 0 Å². The van der Waals surface area contributed by atoms with Gasteiger partial charge < -0.3 is 19.8 Å². The number of nitrogens with one attached hydrogen (secondary N) is 4. The van der Waals surface area contributed by atoms with Crippen molar-refractivity contribution in [1.29, 1.82) is 0 Å². The Balaban J connectivity index is 1.28. The fourth-order valence-corrected chi connectivity index (χ4v) is 6.03. The van der Waals surface area contributed by atoms with E-state index in [2.05, 4.69) is 45.5 Å². The van der Waals surface area contributed by atoms with Crippen molar-refractivity contribution in [3.8, 4) is 0 Å². The van der Waals surface area contributed by atoms with Crippen LogP contribution in [0.1, 0.15) is 11.1 Å². The van der Waals surface area contributed by atoms with Gasteiger partial charge in [-0.2, -0.15) is 0 Å². The van der Waals surface area contributed by atoms with Crippen LogP contribution in [0.5, 0.6) is 0 Å². The van der Waals surface area contributed by atoms with Crippen molar-refractivity contribution in [2.45, 2.75) is 11.3 Å². The number of anilines is 2. The van der Waals surface area contributed by atoms with Crippen LogP contribution in [0.4, 0.5) is 11.9 Å². The Morgan fingerprint density at radius 2 is 0.976 bits per heavy atom. The lowest BCUT2D eigenvalue weighted by Crippen LogP contribution is -2.60. The van der Waals surface area contributed by atoms with Gasteiger partial charge in [0.2, 0.25) is 29.5 Å². The predicted octanol–water partition coefficient (Wildman–Crippen LogP) is 4.61. The van der Waals surface area contributed by atoms with Crippen LogP contribution >= 0.6 is 0 Å². The largest absolute Gasteiger partial charge is 0.325 e. The summed E-state index contributed by atoms with van der Waals surface area (Å²) in [6, 6.07) is 36.5. The number of aromatic nitrogens is 4. The molecule has 4 heterocycles. The SMILES string of the molecule is Cn1c(NC2=NC3(c4ccccc4)N=C(Nc4nc5ccccc5n4C)NC3(c3ccccc3)N2)nc2ccccc21. The van der Waals surface area contributed by atoms with Gasteiger partial charge in [0, 0.05) is 25.2 Å². The number of guanidine groups is 2. The van der Waals surface area contributed by atoms with E-state index in [0.29, 0.717) is 23.8 Å². The molecule has 0 fully saturated rings. The summed E-state index contributed by atoms with van der Waals surface area (Å²) in [5, 5.41) is 14.3. The second-order valence-electron chi connectivity index (χ2n) is 10.5.